The van der Waals surface area contributed by atoms with Gasteiger partial charge in [-0.1, -0.05) is 29.8 Å². The molecule has 0 bridgehead atoms. The van der Waals surface area contributed by atoms with Gasteiger partial charge in [0.15, 0.2) is 0 Å². The van der Waals surface area contributed by atoms with Crippen molar-refractivity contribution in [3.8, 4) is 6.07 Å². The van der Waals surface area contributed by atoms with Gasteiger partial charge in [-0.2, -0.15) is 5.26 Å². The van der Waals surface area contributed by atoms with E-state index in [1.165, 1.54) is 0 Å². The van der Waals surface area contributed by atoms with Crippen molar-refractivity contribution in [3.05, 3.63) is 34.9 Å². The summed E-state index contributed by atoms with van der Waals surface area (Å²) in [5, 5.41) is 12.5. The molecule has 1 atom stereocenters. The van der Waals surface area contributed by atoms with Gasteiger partial charge in [0.2, 0.25) is 5.91 Å². The monoisotopic (exact) mass is 264 g/mol. The molecule has 3 nitrogen and oxygen atoms in total. The second-order valence-corrected chi connectivity index (χ2v) is 5.61. The highest BCUT2D eigenvalue weighted by atomic mass is 35.5. The summed E-state index contributed by atoms with van der Waals surface area (Å²) in [7, 11) is 0. The van der Waals surface area contributed by atoms with E-state index in [2.05, 4.69) is 11.4 Å². The second kappa shape index (κ2) is 5.88. The van der Waals surface area contributed by atoms with Gasteiger partial charge in [-0.15, -0.1) is 0 Å². The van der Waals surface area contributed by atoms with Crippen LogP contribution in [0.1, 0.15) is 38.7 Å². The SMILES string of the molecule is CC(C)(C)NC(=O)CC(C#N)c1ccccc1Cl. The molecule has 1 N–H and O–H groups in total. The van der Waals surface area contributed by atoms with Gasteiger partial charge < -0.3 is 5.32 Å². The predicted molar refractivity (Wildman–Crippen MR) is 72.3 cm³/mol. The Morgan fingerprint density at radius 1 is 1.44 bits per heavy atom. The summed E-state index contributed by atoms with van der Waals surface area (Å²) in [5.41, 5.74) is 0.406. The zero-order valence-electron chi connectivity index (χ0n) is 10.8. The minimum atomic E-state index is -0.513. The van der Waals surface area contributed by atoms with E-state index in [0.29, 0.717) is 10.6 Å². The van der Waals surface area contributed by atoms with Crippen LogP contribution < -0.4 is 5.32 Å². The van der Waals surface area contributed by atoms with Gasteiger partial charge >= 0.3 is 0 Å². The minimum Gasteiger partial charge on any atom is -0.351 e. The first kappa shape index (κ1) is 14.5. The first-order chi connectivity index (χ1) is 8.33. The quantitative estimate of drug-likeness (QED) is 0.911. The molecule has 1 aromatic carbocycles. The summed E-state index contributed by atoms with van der Waals surface area (Å²) in [4.78, 5) is 11.8. The standard InChI is InChI=1S/C14H17ClN2O/c1-14(2,3)17-13(18)8-10(9-16)11-6-4-5-7-12(11)15/h4-7,10H,8H2,1-3H3,(H,17,18). The molecule has 0 saturated carbocycles. The largest absolute Gasteiger partial charge is 0.351 e. The molecule has 0 aliphatic carbocycles. The molecule has 0 aliphatic rings. The number of nitrogens with zero attached hydrogens (tertiary/aromatic N) is 1. The number of carbonyl (C=O) groups is 1. The van der Waals surface area contributed by atoms with Crippen molar-refractivity contribution in [2.75, 3.05) is 0 Å². The summed E-state index contributed by atoms with van der Waals surface area (Å²) in [6.45, 7) is 5.71. The Balaban J connectivity index is 2.79. The van der Waals surface area contributed by atoms with Crippen LogP contribution in [-0.4, -0.2) is 11.4 Å². The van der Waals surface area contributed by atoms with Gasteiger partial charge in [-0.05, 0) is 32.4 Å². The lowest BCUT2D eigenvalue weighted by atomic mass is 9.96. The molecule has 4 heteroatoms. The third-order valence-corrected chi connectivity index (χ3v) is 2.68. The van der Waals surface area contributed by atoms with Crippen molar-refractivity contribution in [3.63, 3.8) is 0 Å². The maximum atomic E-state index is 11.8. The number of nitrogens with one attached hydrogen (secondary N) is 1. The summed E-state index contributed by atoms with van der Waals surface area (Å²) < 4.78 is 0. The van der Waals surface area contributed by atoms with Crippen LogP contribution >= 0.6 is 11.6 Å². The number of carbonyl (C=O) groups excluding carboxylic acids is 1. The molecule has 0 fully saturated rings. The third-order valence-electron chi connectivity index (χ3n) is 2.34. The van der Waals surface area contributed by atoms with E-state index in [-0.39, 0.29) is 17.9 Å². The van der Waals surface area contributed by atoms with E-state index in [1.807, 2.05) is 26.8 Å². The van der Waals surface area contributed by atoms with Gasteiger partial charge in [0.05, 0.1) is 12.0 Å². The molecule has 0 radical (unpaired) electrons. The Bertz CT molecular complexity index is 471. The third kappa shape index (κ3) is 4.38. The fourth-order valence-corrected chi connectivity index (χ4v) is 1.90. The van der Waals surface area contributed by atoms with Crippen molar-refractivity contribution in [2.45, 2.75) is 38.6 Å². The van der Waals surface area contributed by atoms with E-state index in [0.717, 1.165) is 0 Å². The molecule has 1 rings (SSSR count). The van der Waals surface area contributed by atoms with Crippen molar-refractivity contribution < 1.29 is 4.79 Å². The van der Waals surface area contributed by atoms with Crippen LogP contribution in [0.4, 0.5) is 0 Å². The molecular formula is C14H17ClN2O. The fraction of sp³-hybridized carbons (Fsp3) is 0.429. The summed E-state index contributed by atoms with van der Waals surface area (Å²) in [6, 6.07) is 9.25. The minimum absolute atomic E-state index is 0.123. The summed E-state index contributed by atoms with van der Waals surface area (Å²) in [6.07, 6.45) is 0.123. The highest BCUT2D eigenvalue weighted by Gasteiger charge is 2.20. The molecule has 1 unspecified atom stereocenters. The van der Waals surface area contributed by atoms with E-state index in [4.69, 9.17) is 16.9 Å². The molecule has 0 spiro atoms. The number of hydrogen-bond donors (Lipinski definition) is 1. The topological polar surface area (TPSA) is 52.9 Å². The van der Waals surface area contributed by atoms with Crippen molar-refractivity contribution >= 4 is 17.5 Å². The normalized spacial score (nSPS) is 12.6. The molecule has 0 heterocycles. The first-order valence-corrected chi connectivity index (χ1v) is 6.16. The zero-order valence-corrected chi connectivity index (χ0v) is 11.6. The van der Waals surface area contributed by atoms with Crippen molar-refractivity contribution in [2.24, 2.45) is 0 Å². The highest BCUT2D eigenvalue weighted by molar-refractivity contribution is 6.31. The Kier molecular flexibility index (Phi) is 4.75. The van der Waals surface area contributed by atoms with Crippen LogP contribution in [0.3, 0.4) is 0 Å². The van der Waals surface area contributed by atoms with E-state index in [1.54, 1.807) is 18.2 Å². The van der Waals surface area contributed by atoms with Crippen LogP contribution in [0.15, 0.2) is 24.3 Å². The predicted octanol–water partition coefficient (Wildman–Crippen LogP) is 3.25. The molecule has 18 heavy (non-hydrogen) atoms. The van der Waals surface area contributed by atoms with Crippen molar-refractivity contribution in [1.29, 1.82) is 5.26 Å². The average molecular weight is 265 g/mol. The number of benzene rings is 1. The average Bonchev–Trinajstić information content (AvgIpc) is 2.24. The Morgan fingerprint density at radius 3 is 2.56 bits per heavy atom. The summed E-state index contributed by atoms with van der Waals surface area (Å²) >= 11 is 6.03. The molecule has 0 aromatic heterocycles. The van der Waals surface area contributed by atoms with Crippen LogP contribution in [0.5, 0.6) is 0 Å². The van der Waals surface area contributed by atoms with E-state index >= 15 is 0 Å². The molecule has 0 aliphatic heterocycles. The Labute approximate surface area is 113 Å². The zero-order chi connectivity index (χ0) is 13.8. The van der Waals surface area contributed by atoms with Crippen LogP contribution in [-0.2, 0) is 4.79 Å². The van der Waals surface area contributed by atoms with Gasteiger partial charge in [0.25, 0.3) is 0 Å². The fourth-order valence-electron chi connectivity index (χ4n) is 1.64. The molecular weight excluding hydrogens is 248 g/mol. The number of halogens is 1. The molecule has 96 valence electrons. The molecule has 1 aromatic rings. The van der Waals surface area contributed by atoms with E-state index in [9.17, 15) is 4.79 Å². The van der Waals surface area contributed by atoms with Gasteiger partial charge in [-0.25, -0.2) is 0 Å². The number of nitriles is 1. The first-order valence-electron chi connectivity index (χ1n) is 5.78. The van der Waals surface area contributed by atoms with Crippen LogP contribution in [0, 0.1) is 11.3 Å². The lowest BCUT2D eigenvalue weighted by Gasteiger charge is -2.21. The maximum Gasteiger partial charge on any atom is 0.222 e. The Hall–Kier alpha value is -1.53. The highest BCUT2D eigenvalue weighted by Crippen LogP contribution is 2.26. The molecule has 0 saturated heterocycles. The number of rotatable bonds is 3. The second-order valence-electron chi connectivity index (χ2n) is 5.21. The molecule has 1 amide bonds. The van der Waals surface area contributed by atoms with Gasteiger partial charge in [0.1, 0.15) is 0 Å². The van der Waals surface area contributed by atoms with Crippen molar-refractivity contribution in [1.82, 2.24) is 5.32 Å². The number of hydrogen-bond acceptors (Lipinski definition) is 2. The lowest BCUT2D eigenvalue weighted by Crippen LogP contribution is -2.41. The van der Waals surface area contributed by atoms with Gasteiger partial charge in [-0.3, -0.25) is 4.79 Å². The summed E-state index contributed by atoms with van der Waals surface area (Å²) in [5.74, 6) is -0.657. The number of amides is 1. The lowest BCUT2D eigenvalue weighted by molar-refractivity contribution is -0.122. The Morgan fingerprint density at radius 2 is 2.06 bits per heavy atom. The maximum absolute atomic E-state index is 11.8. The van der Waals surface area contributed by atoms with Gasteiger partial charge in [0, 0.05) is 17.0 Å². The van der Waals surface area contributed by atoms with E-state index < -0.39 is 5.92 Å². The van der Waals surface area contributed by atoms with Crippen LogP contribution in [0.2, 0.25) is 5.02 Å². The van der Waals surface area contributed by atoms with Crippen LogP contribution in [0.25, 0.3) is 0 Å². The smallest absolute Gasteiger partial charge is 0.222 e.